The van der Waals surface area contributed by atoms with E-state index in [1.165, 1.54) is 12.1 Å². The highest BCUT2D eigenvalue weighted by Gasteiger charge is 2.17. The van der Waals surface area contributed by atoms with Gasteiger partial charge in [0.1, 0.15) is 0 Å². The van der Waals surface area contributed by atoms with Gasteiger partial charge in [-0.15, -0.1) is 0 Å². The Balaban J connectivity index is 2.65. The second kappa shape index (κ2) is 7.54. The molecular weight excluding hydrogens is 270 g/mol. The molecule has 0 aromatic heterocycles. The number of nitrogens with one attached hydrogen (secondary N) is 1. The zero-order valence-corrected chi connectivity index (χ0v) is 11.1. The van der Waals surface area contributed by atoms with Gasteiger partial charge in [-0.3, -0.25) is 10.1 Å². The van der Waals surface area contributed by atoms with E-state index in [1.807, 2.05) is 6.92 Å². The Morgan fingerprint density at radius 2 is 2.25 bits per heavy atom. The summed E-state index contributed by atoms with van der Waals surface area (Å²) in [5.74, 6) is 0. The molecule has 0 saturated carbocycles. The predicted molar refractivity (Wildman–Crippen MR) is 72.2 cm³/mol. The SMILES string of the molecule is C=C(C)COCCNc1ccc([N+](=O)[O-])cc1C(F)F. The molecule has 1 aromatic carbocycles. The van der Waals surface area contributed by atoms with E-state index in [2.05, 4.69) is 11.9 Å². The molecule has 0 radical (unpaired) electrons. The molecule has 0 aliphatic heterocycles. The number of hydrogen-bond donors (Lipinski definition) is 1. The van der Waals surface area contributed by atoms with E-state index in [-0.39, 0.29) is 16.9 Å². The van der Waals surface area contributed by atoms with E-state index < -0.39 is 11.3 Å². The summed E-state index contributed by atoms with van der Waals surface area (Å²) >= 11 is 0. The Morgan fingerprint density at radius 3 is 2.80 bits per heavy atom. The molecule has 0 aliphatic carbocycles. The first kappa shape index (κ1) is 16.0. The van der Waals surface area contributed by atoms with Crippen molar-refractivity contribution in [3.05, 3.63) is 46.0 Å². The lowest BCUT2D eigenvalue weighted by Crippen LogP contribution is -2.11. The maximum Gasteiger partial charge on any atom is 0.270 e. The molecule has 0 spiro atoms. The highest BCUT2D eigenvalue weighted by molar-refractivity contribution is 5.56. The average Bonchev–Trinajstić information content (AvgIpc) is 2.37. The van der Waals surface area contributed by atoms with Crippen molar-refractivity contribution >= 4 is 11.4 Å². The van der Waals surface area contributed by atoms with Crippen LogP contribution in [-0.2, 0) is 4.74 Å². The number of nitro groups is 1. The Morgan fingerprint density at radius 1 is 1.55 bits per heavy atom. The second-order valence-electron chi connectivity index (χ2n) is 4.27. The van der Waals surface area contributed by atoms with Crippen molar-refractivity contribution in [1.29, 1.82) is 0 Å². The van der Waals surface area contributed by atoms with E-state index >= 15 is 0 Å². The Bertz CT molecular complexity index is 493. The van der Waals surface area contributed by atoms with Crippen molar-refractivity contribution in [1.82, 2.24) is 0 Å². The molecule has 0 heterocycles. The first-order chi connectivity index (χ1) is 9.41. The van der Waals surface area contributed by atoms with Gasteiger partial charge in [0, 0.05) is 29.9 Å². The van der Waals surface area contributed by atoms with Gasteiger partial charge in [0.2, 0.25) is 0 Å². The number of nitrogens with zero attached hydrogens (tertiary/aromatic N) is 1. The summed E-state index contributed by atoms with van der Waals surface area (Å²) in [6.07, 6.45) is -2.78. The molecule has 1 N–H and O–H groups in total. The number of benzene rings is 1. The zero-order chi connectivity index (χ0) is 15.1. The van der Waals surface area contributed by atoms with Crippen LogP contribution in [0.4, 0.5) is 20.2 Å². The highest BCUT2D eigenvalue weighted by atomic mass is 19.3. The van der Waals surface area contributed by atoms with Crippen LogP contribution in [-0.4, -0.2) is 24.7 Å². The van der Waals surface area contributed by atoms with E-state index in [9.17, 15) is 18.9 Å². The van der Waals surface area contributed by atoms with Gasteiger partial charge in [-0.25, -0.2) is 8.78 Å². The van der Waals surface area contributed by atoms with Crippen LogP contribution in [0.5, 0.6) is 0 Å². The molecule has 7 heteroatoms. The lowest BCUT2D eigenvalue weighted by Gasteiger charge is -2.11. The molecule has 110 valence electrons. The third-order valence-corrected chi connectivity index (χ3v) is 2.39. The largest absolute Gasteiger partial charge is 0.382 e. The van der Waals surface area contributed by atoms with Gasteiger partial charge in [0.15, 0.2) is 0 Å². The molecule has 1 rings (SSSR count). The molecular formula is C13H16F2N2O3. The third kappa shape index (κ3) is 4.93. The molecule has 0 amide bonds. The van der Waals surface area contributed by atoms with Gasteiger partial charge < -0.3 is 10.1 Å². The van der Waals surface area contributed by atoms with Crippen molar-refractivity contribution in [2.24, 2.45) is 0 Å². The number of ether oxygens (including phenoxy) is 1. The fraction of sp³-hybridized carbons (Fsp3) is 0.385. The van der Waals surface area contributed by atoms with E-state index in [1.54, 1.807) is 0 Å². The molecule has 5 nitrogen and oxygen atoms in total. The van der Waals surface area contributed by atoms with Gasteiger partial charge in [-0.1, -0.05) is 12.2 Å². The van der Waals surface area contributed by atoms with Gasteiger partial charge in [-0.05, 0) is 13.0 Å². The van der Waals surface area contributed by atoms with Gasteiger partial charge in [-0.2, -0.15) is 0 Å². The van der Waals surface area contributed by atoms with Crippen molar-refractivity contribution in [2.45, 2.75) is 13.3 Å². The molecule has 0 aliphatic rings. The fourth-order valence-corrected chi connectivity index (χ4v) is 1.51. The van der Waals surface area contributed by atoms with E-state index in [4.69, 9.17) is 4.74 Å². The molecule has 1 aromatic rings. The topological polar surface area (TPSA) is 64.4 Å². The molecule has 0 atom stereocenters. The normalized spacial score (nSPS) is 10.6. The maximum absolute atomic E-state index is 12.8. The number of rotatable bonds is 8. The minimum atomic E-state index is -2.78. The van der Waals surface area contributed by atoms with Crippen LogP contribution < -0.4 is 5.32 Å². The van der Waals surface area contributed by atoms with E-state index in [0.29, 0.717) is 19.8 Å². The average molecular weight is 286 g/mol. The van der Waals surface area contributed by atoms with Crippen LogP contribution in [0.15, 0.2) is 30.4 Å². The van der Waals surface area contributed by atoms with E-state index in [0.717, 1.165) is 11.6 Å². The van der Waals surface area contributed by atoms with Gasteiger partial charge in [0.25, 0.3) is 12.1 Å². The zero-order valence-electron chi connectivity index (χ0n) is 11.1. The quantitative estimate of drug-likeness (QED) is 0.343. The van der Waals surface area contributed by atoms with Crippen LogP contribution in [0.1, 0.15) is 18.9 Å². The fourth-order valence-electron chi connectivity index (χ4n) is 1.51. The van der Waals surface area contributed by atoms with Crippen LogP contribution in [0.2, 0.25) is 0 Å². The van der Waals surface area contributed by atoms with Crippen LogP contribution >= 0.6 is 0 Å². The Kier molecular flexibility index (Phi) is 6.05. The summed E-state index contributed by atoms with van der Waals surface area (Å²) in [5, 5.41) is 13.3. The third-order valence-electron chi connectivity index (χ3n) is 2.39. The number of alkyl halides is 2. The molecule has 0 bridgehead atoms. The highest BCUT2D eigenvalue weighted by Crippen LogP contribution is 2.30. The monoisotopic (exact) mass is 286 g/mol. The minimum Gasteiger partial charge on any atom is -0.382 e. The molecule has 20 heavy (non-hydrogen) atoms. The van der Waals surface area contributed by atoms with Crippen molar-refractivity contribution in [3.63, 3.8) is 0 Å². The molecule has 0 unspecified atom stereocenters. The summed E-state index contributed by atoms with van der Waals surface area (Å²) < 4.78 is 30.9. The van der Waals surface area contributed by atoms with Gasteiger partial charge >= 0.3 is 0 Å². The standard InChI is InChI=1S/C13H16F2N2O3/c1-9(2)8-20-6-5-16-12-4-3-10(17(18)19)7-11(12)13(14)15/h3-4,7,13,16H,1,5-6,8H2,2H3. The predicted octanol–water partition coefficient (Wildman–Crippen LogP) is 3.54. The molecule has 0 fully saturated rings. The minimum absolute atomic E-state index is 0.171. The summed E-state index contributed by atoms with van der Waals surface area (Å²) in [5.41, 5.74) is 0.293. The number of halogens is 2. The van der Waals surface area contributed by atoms with Gasteiger partial charge in [0.05, 0.1) is 18.1 Å². The number of hydrogen-bond acceptors (Lipinski definition) is 4. The summed E-state index contributed by atoms with van der Waals surface area (Å²) in [6.45, 7) is 6.54. The summed E-state index contributed by atoms with van der Waals surface area (Å²) in [4.78, 5) is 9.86. The number of non-ortho nitro benzene ring substituents is 1. The molecule has 0 saturated heterocycles. The Labute approximate surface area is 115 Å². The summed E-state index contributed by atoms with van der Waals surface area (Å²) in [6, 6.07) is 3.34. The van der Waals surface area contributed by atoms with Crippen LogP contribution in [0, 0.1) is 10.1 Å². The smallest absolute Gasteiger partial charge is 0.270 e. The number of anilines is 1. The second-order valence-corrected chi connectivity index (χ2v) is 4.27. The van der Waals surface area contributed by atoms with Crippen LogP contribution in [0.25, 0.3) is 0 Å². The summed E-state index contributed by atoms with van der Waals surface area (Å²) in [7, 11) is 0. The Hall–Kier alpha value is -2.02. The maximum atomic E-state index is 12.8. The first-order valence-electron chi connectivity index (χ1n) is 5.94. The lowest BCUT2D eigenvalue weighted by atomic mass is 10.1. The van der Waals surface area contributed by atoms with Crippen molar-refractivity contribution in [2.75, 3.05) is 25.1 Å². The van der Waals surface area contributed by atoms with Crippen molar-refractivity contribution < 1.29 is 18.4 Å². The van der Waals surface area contributed by atoms with Crippen LogP contribution in [0.3, 0.4) is 0 Å². The lowest BCUT2D eigenvalue weighted by molar-refractivity contribution is -0.385. The van der Waals surface area contributed by atoms with Crippen molar-refractivity contribution in [3.8, 4) is 0 Å². The number of nitro benzene ring substituents is 1. The first-order valence-corrected chi connectivity index (χ1v) is 5.94.